The lowest BCUT2D eigenvalue weighted by Gasteiger charge is -1.78. The average Bonchev–Trinajstić information content (AvgIpc) is 2.55. The molecule has 0 saturated heterocycles. The average molecular weight is 215 g/mol. The Morgan fingerprint density at radius 2 is 2.45 bits per heavy atom. The van der Waals surface area contributed by atoms with Crippen LogP contribution in [0.25, 0.3) is 11.4 Å². The summed E-state index contributed by atoms with van der Waals surface area (Å²) < 4.78 is 5.63. The molecular weight excluding hydrogens is 212 g/mol. The number of hydrogen-bond acceptors (Lipinski definition) is 4. The van der Waals surface area contributed by atoms with E-state index in [1.54, 1.807) is 12.3 Å². The van der Waals surface area contributed by atoms with Gasteiger partial charge in [0.2, 0.25) is 5.82 Å². The quantitative estimate of drug-likeness (QED) is 0.776. The molecule has 0 aliphatic rings. The predicted octanol–water partition coefficient (Wildman–Crippen LogP) is 1.22. The molecule has 1 N–H and O–H groups in total. The summed E-state index contributed by atoms with van der Waals surface area (Å²) in [4.78, 5) is 0. The molecule has 2 aromatic rings. The van der Waals surface area contributed by atoms with Crippen LogP contribution >= 0.6 is 15.9 Å². The van der Waals surface area contributed by atoms with Crippen LogP contribution in [0, 0.1) is 0 Å². The van der Waals surface area contributed by atoms with E-state index < -0.39 is 0 Å². The molecule has 56 valence electrons. The van der Waals surface area contributed by atoms with Crippen molar-refractivity contribution in [3.05, 3.63) is 17.0 Å². The van der Waals surface area contributed by atoms with E-state index in [2.05, 4.69) is 36.6 Å². The van der Waals surface area contributed by atoms with E-state index in [4.69, 9.17) is 4.42 Å². The molecule has 0 saturated carbocycles. The highest BCUT2D eigenvalue weighted by molar-refractivity contribution is 9.10. The molecule has 2 aromatic heterocycles. The zero-order valence-electron chi connectivity index (χ0n) is 5.28. The second-order valence-corrected chi connectivity index (χ2v) is 2.66. The number of H-pyrrole nitrogens is 1. The van der Waals surface area contributed by atoms with Gasteiger partial charge in [-0.25, -0.2) is 0 Å². The largest absolute Gasteiger partial charge is 0.457 e. The summed E-state index contributed by atoms with van der Waals surface area (Å²) in [6, 6.07) is 1.77. The lowest BCUT2D eigenvalue weighted by Crippen LogP contribution is -1.74. The third-order valence-corrected chi connectivity index (χ3v) is 1.59. The van der Waals surface area contributed by atoms with Crippen molar-refractivity contribution in [2.24, 2.45) is 0 Å². The lowest BCUT2D eigenvalue weighted by atomic mass is 10.3. The highest BCUT2D eigenvalue weighted by Crippen LogP contribution is 2.20. The van der Waals surface area contributed by atoms with Crippen molar-refractivity contribution < 1.29 is 4.42 Å². The van der Waals surface area contributed by atoms with Crippen molar-refractivity contribution >= 4 is 15.9 Å². The second-order valence-electron chi connectivity index (χ2n) is 1.87. The lowest BCUT2D eigenvalue weighted by molar-refractivity contribution is 0.541. The SMILES string of the molecule is Brc1cc(-c2nn[nH]n2)co1. The highest BCUT2D eigenvalue weighted by atomic mass is 79.9. The van der Waals surface area contributed by atoms with Crippen LogP contribution in [0.15, 0.2) is 21.4 Å². The molecule has 0 unspecified atom stereocenters. The first-order valence-electron chi connectivity index (χ1n) is 2.84. The topological polar surface area (TPSA) is 67.6 Å². The molecule has 5 nitrogen and oxygen atoms in total. The Morgan fingerprint density at radius 3 is 3.00 bits per heavy atom. The van der Waals surface area contributed by atoms with Crippen molar-refractivity contribution in [3.8, 4) is 11.4 Å². The molecule has 11 heavy (non-hydrogen) atoms. The summed E-state index contributed by atoms with van der Waals surface area (Å²) in [5.74, 6) is 0.527. The van der Waals surface area contributed by atoms with Crippen LogP contribution < -0.4 is 0 Å². The molecule has 0 fully saturated rings. The maximum atomic E-state index is 4.98. The minimum Gasteiger partial charge on any atom is -0.457 e. The van der Waals surface area contributed by atoms with Gasteiger partial charge in [0.15, 0.2) is 4.67 Å². The van der Waals surface area contributed by atoms with E-state index in [1.165, 1.54) is 0 Å². The zero-order valence-corrected chi connectivity index (χ0v) is 6.87. The summed E-state index contributed by atoms with van der Waals surface area (Å²) in [5.41, 5.74) is 0.797. The van der Waals surface area contributed by atoms with Gasteiger partial charge in [0.05, 0.1) is 5.56 Å². The van der Waals surface area contributed by atoms with E-state index in [0.717, 1.165) is 5.56 Å². The Hall–Kier alpha value is -1.17. The fourth-order valence-electron chi connectivity index (χ4n) is 0.711. The number of aromatic amines is 1. The van der Waals surface area contributed by atoms with Crippen molar-refractivity contribution in [2.45, 2.75) is 0 Å². The Kier molecular flexibility index (Phi) is 1.46. The molecule has 2 rings (SSSR count). The summed E-state index contributed by atoms with van der Waals surface area (Å²) in [6.45, 7) is 0. The van der Waals surface area contributed by atoms with Gasteiger partial charge in [-0.05, 0) is 21.1 Å². The van der Waals surface area contributed by atoms with E-state index in [9.17, 15) is 0 Å². The number of nitrogens with one attached hydrogen (secondary N) is 1. The van der Waals surface area contributed by atoms with Gasteiger partial charge in [-0.3, -0.25) is 0 Å². The van der Waals surface area contributed by atoms with Crippen LogP contribution in [-0.2, 0) is 0 Å². The number of tetrazole rings is 1. The first-order chi connectivity index (χ1) is 5.36. The summed E-state index contributed by atoms with van der Waals surface area (Å²) in [6.07, 6.45) is 1.55. The van der Waals surface area contributed by atoms with E-state index in [1.807, 2.05) is 0 Å². The van der Waals surface area contributed by atoms with Gasteiger partial charge < -0.3 is 4.42 Å². The van der Waals surface area contributed by atoms with Gasteiger partial charge in [-0.15, -0.1) is 10.2 Å². The number of furan rings is 1. The maximum absolute atomic E-state index is 4.98. The van der Waals surface area contributed by atoms with Gasteiger partial charge in [0, 0.05) is 6.07 Å². The van der Waals surface area contributed by atoms with Crippen LogP contribution in [-0.4, -0.2) is 20.6 Å². The van der Waals surface area contributed by atoms with Gasteiger partial charge >= 0.3 is 0 Å². The van der Waals surface area contributed by atoms with Crippen molar-refractivity contribution in [2.75, 3.05) is 0 Å². The van der Waals surface area contributed by atoms with Crippen molar-refractivity contribution in [1.29, 1.82) is 0 Å². The summed E-state index contributed by atoms with van der Waals surface area (Å²) >= 11 is 3.16. The summed E-state index contributed by atoms with van der Waals surface area (Å²) in [7, 11) is 0. The van der Waals surface area contributed by atoms with Gasteiger partial charge in [0.25, 0.3) is 0 Å². The monoisotopic (exact) mass is 214 g/mol. The normalized spacial score (nSPS) is 10.3. The van der Waals surface area contributed by atoms with Crippen LogP contribution in [0.5, 0.6) is 0 Å². The maximum Gasteiger partial charge on any atom is 0.207 e. The molecule has 0 radical (unpaired) electrons. The molecular formula is C5H3BrN4O. The van der Waals surface area contributed by atoms with Crippen LogP contribution in [0.4, 0.5) is 0 Å². The van der Waals surface area contributed by atoms with Crippen LogP contribution in [0.2, 0.25) is 0 Å². The van der Waals surface area contributed by atoms with Crippen LogP contribution in [0.1, 0.15) is 0 Å². The molecule has 2 heterocycles. The zero-order chi connectivity index (χ0) is 7.68. The third-order valence-electron chi connectivity index (χ3n) is 1.17. The van der Waals surface area contributed by atoms with Crippen LogP contribution in [0.3, 0.4) is 0 Å². The van der Waals surface area contributed by atoms with Crippen molar-refractivity contribution in [3.63, 3.8) is 0 Å². The molecule has 6 heteroatoms. The predicted molar refractivity (Wildman–Crippen MR) is 39.6 cm³/mol. The smallest absolute Gasteiger partial charge is 0.207 e. The van der Waals surface area contributed by atoms with Crippen molar-refractivity contribution in [1.82, 2.24) is 20.6 Å². The number of nitrogens with zero attached hydrogens (tertiary/aromatic N) is 3. The Labute approximate surface area is 69.9 Å². The Bertz CT molecular complexity index is 341. The molecule has 0 aliphatic heterocycles. The Morgan fingerprint density at radius 1 is 1.55 bits per heavy atom. The first kappa shape index (κ1) is 6.53. The first-order valence-corrected chi connectivity index (χ1v) is 3.63. The number of rotatable bonds is 1. The highest BCUT2D eigenvalue weighted by Gasteiger charge is 2.05. The van der Waals surface area contributed by atoms with Gasteiger partial charge in [-0.1, -0.05) is 0 Å². The van der Waals surface area contributed by atoms with Gasteiger partial charge in [0.1, 0.15) is 6.26 Å². The van der Waals surface area contributed by atoms with E-state index >= 15 is 0 Å². The molecule has 0 spiro atoms. The minimum atomic E-state index is 0.527. The molecule has 0 atom stereocenters. The van der Waals surface area contributed by atoms with Gasteiger partial charge in [-0.2, -0.15) is 5.21 Å². The standard InChI is InChI=1S/C5H3BrN4O/c6-4-1-3(2-11-4)5-7-9-10-8-5/h1-2H,(H,7,8,9,10). The number of aromatic nitrogens is 4. The molecule has 0 amide bonds. The number of hydrogen-bond donors (Lipinski definition) is 1. The third kappa shape index (κ3) is 1.16. The van der Waals surface area contributed by atoms with E-state index in [-0.39, 0.29) is 0 Å². The fourth-order valence-corrected chi connectivity index (χ4v) is 1.05. The second kappa shape index (κ2) is 2.46. The van der Waals surface area contributed by atoms with E-state index in [0.29, 0.717) is 10.5 Å². The minimum absolute atomic E-state index is 0.527. The number of halogens is 1. The summed E-state index contributed by atoms with van der Waals surface area (Å²) in [5, 5.41) is 13.3. The molecule has 0 aliphatic carbocycles. The molecule has 0 aromatic carbocycles. The Balaban J connectivity index is 2.45. The molecule has 0 bridgehead atoms. The fraction of sp³-hybridized carbons (Fsp3) is 0.